The second kappa shape index (κ2) is 5.04. The number of rotatable bonds is 0. The fourth-order valence-corrected chi connectivity index (χ4v) is 0. The monoisotopic (exact) mass is 302 g/mol. The Hall–Kier alpha value is 0.800. The van der Waals surface area contributed by atoms with E-state index in [1.54, 1.807) is 0 Å². The van der Waals surface area contributed by atoms with Gasteiger partial charge >= 0.3 is 20.8 Å². The Bertz CT molecular complexity index is 282. The number of alkyl halides is 3. The number of hydrogen-bond acceptors (Lipinski definition) is 3. The van der Waals surface area contributed by atoms with Gasteiger partial charge in [-0.3, -0.25) is 9.12 Å². The van der Waals surface area contributed by atoms with Gasteiger partial charge in [0.2, 0.25) is 0 Å². The van der Waals surface area contributed by atoms with E-state index in [1.165, 1.54) is 0 Å². The molecule has 12 heteroatoms. The molecule has 0 aliphatic rings. The predicted octanol–water partition coefficient (Wildman–Crippen LogP) is 3.20. The van der Waals surface area contributed by atoms with Gasteiger partial charge in [0.1, 0.15) is 0 Å². The molecule has 0 aromatic heterocycles. The third-order valence-electron chi connectivity index (χ3n) is 0.292. The quantitative estimate of drug-likeness (QED) is 0.424. The first-order valence-electron chi connectivity index (χ1n) is 1.98. The van der Waals surface area contributed by atoms with Crippen LogP contribution in [0.5, 0.6) is 0 Å². The van der Waals surface area contributed by atoms with Gasteiger partial charge in [0.05, 0.1) is 0 Å². The van der Waals surface area contributed by atoms with Crippen LogP contribution in [0.1, 0.15) is 0 Å². The predicted molar refractivity (Wildman–Crippen MR) is 42.8 cm³/mol. The Morgan fingerprint density at radius 1 is 1.15 bits per heavy atom. The van der Waals surface area contributed by atoms with Crippen molar-refractivity contribution in [1.29, 1.82) is 0 Å². The first-order valence-corrected chi connectivity index (χ1v) is 7.84. The van der Waals surface area contributed by atoms with Crippen LogP contribution < -0.4 is 0 Å². The highest BCUT2D eigenvalue weighted by Crippen LogP contribution is 2.61. The molecule has 0 aromatic rings. The molecule has 0 saturated carbocycles. The van der Waals surface area contributed by atoms with E-state index in [0.29, 0.717) is 0 Å². The minimum Gasteiger partial charge on any atom is -0.279 e. The van der Waals surface area contributed by atoms with Crippen LogP contribution in [0.25, 0.3) is 0 Å². The van der Waals surface area contributed by atoms with Crippen LogP contribution in [0.2, 0.25) is 0 Å². The maximum Gasteiger partial charge on any atom is 0.522 e. The molecule has 0 bridgehead atoms. The summed E-state index contributed by atoms with van der Waals surface area (Å²) in [5.74, 6) is 0. The van der Waals surface area contributed by atoms with Crippen molar-refractivity contribution in [3.63, 3.8) is 0 Å². The molecule has 0 saturated heterocycles. The normalized spacial score (nSPS) is 13.2. The molecule has 0 radical (unpaired) electrons. The van der Waals surface area contributed by atoms with E-state index in [2.05, 4.69) is 33.7 Å². The molecule has 0 rings (SSSR count). The van der Waals surface area contributed by atoms with E-state index < -0.39 is 20.8 Å². The van der Waals surface area contributed by atoms with E-state index in [1.807, 2.05) is 0 Å². The summed E-state index contributed by atoms with van der Waals surface area (Å²) in [6, 6.07) is 0. The summed E-state index contributed by atoms with van der Waals surface area (Å²) < 4.78 is 67.1. The Balaban J connectivity index is 0. The molecule has 0 amide bonds. The van der Waals surface area contributed by atoms with Gasteiger partial charge in [-0.05, 0) is 33.7 Å². The van der Waals surface area contributed by atoms with Crippen LogP contribution in [0.3, 0.4) is 0 Å². The van der Waals surface area contributed by atoms with Crippen LogP contribution in [0.15, 0.2) is 0 Å². The van der Waals surface area contributed by atoms with Gasteiger partial charge in [-0.2, -0.15) is 21.6 Å². The van der Waals surface area contributed by atoms with Crippen LogP contribution in [0, 0.1) is 0 Å². The van der Waals surface area contributed by atoms with Gasteiger partial charge in [0.15, 0.2) is 0 Å². The Labute approximate surface area is 85.4 Å². The van der Waals surface area contributed by atoms with Crippen molar-refractivity contribution >= 4 is 49.0 Å². The highest BCUT2D eigenvalue weighted by Gasteiger charge is 2.44. The molecule has 0 unspecified atom stereocenters. The van der Waals surface area contributed by atoms with Crippen LogP contribution >= 0.6 is 38.9 Å². The van der Waals surface area contributed by atoms with Crippen molar-refractivity contribution in [1.82, 2.24) is 0 Å². The summed E-state index contributed by atoms with van der Waals surface area (Å²) in [6.45, 7) is 0. The number of hydrogen-bond donors (Lipinski definition) is 1. The molecular formula is CHCl3F3O4PS. The highest BCUT2D eigenvalue weighted by molar-refractivity contribution is 8.24. The zero-order valence-corrected chi connectivity index (χ0v) is 9.27. The average molecular weight is 303 g/mol. The summed E-state index contributed by atoms with van der Waals surface area (Å²) in [5.41, 5.74) is -5.53. The lowest BCUT2D eigenvalue weighted by atomic mass is 11.6. The van der Waals surface area contributed by atoms with E-state index in [9.17, 15) is 17.7 Å². The van der Waals surface area contributed by atoms with E-state index in [0.717, 1.165) is 0 Å². The Morgan fingerprint density at radius 2 is 1.23 bits per heavy atom. The highest BCUT2D eigenvalue weighted by atomic mass is 36.0. The molecular weight excluding hydrogens is 302 g/mol. The van der Waals surface area contributed by atoms with Crippen LogP contribution in [0.4, 0.5) is 13.2 Å². The Morgan fingerprint density at radius 3 is 1.23 bits per heavy atom. The molecule has 0 fully saturated rings. The van der Waals surface area contributed by atoms with Gasteiger partial charge in [-0.1, -0.05) is 0 Å². The smallest absolute Gasteiger partial charge is 0.279 e. The lowest BCUT2D eigenvalue weighted by Crippen LogP contribution is -2.21. The van der Waals surface area contributed by atoms with Crippen LogP contribution in [-0.2, 0) is 14.7 Å². The summed E-state index contributed by atoms with van der Waals surface area (Å²) in [7, 11) is -5.84. The zero-order chi connectivity index (χ0) is 11.5. The fourth-order valence-electron chi connectivity index (χ4n) is 0. The molecule has 0 heterocycles. The summed E-state index contributed by atoms with van der Waals surface area (Å²) in [6.07, 6.45) is 0. The lowest BCUT2D eigenvalue weighted by molar-refractivity contribution is -0.0510. The maximum atomic E-state index is 10.7. The molecule has 82 valence electrons. The fraction of sp³-hybridized carbons (Fsp3) is 1.00. The van der Waals surface area contributed by atoms with Gasteiger partial charge in [-0.25, -0.2) is 0 Å². The third kappa shape index (κ3) is 15.5. The van der Waals surface area contributed by atoms with Crippen molar-refractivity contribution in [2.24, 2.45) is 0 Å². The van der Waals surface area contributed by atoms with Gasteiger partial charge < -0.3 is 0 Å². The maximum absolute atomic E-state index is 10.7. The second-order valence-corrected chi connectivity index (χ2v) is 9.37. The first kappa shape index (κ1) is 16.2. The van der Waals surface area contributed by atoms with Crippen molar-refractivity contribution < 1.29 is 30.7 Å². The zero-order valence-electron chi connectivity index (χ0n) is 5.30. The number of halogens is 6. The minimum absolute atomic E-state index is 3.22. The molecule has 0 spiro atoms. The lowest BCUT2D eigenvalue weighted by Gasteiger charge is -1.97. The molecule has 0 aliphatic heterocycles. The van der Waals surface area contributed by atoms with Crippen molar-refractivity contribution in [2.75, 3.05) is 0 Å². The topological polar surface area (TPSA) is 71.4 Å². The van der Waals surface area contributed by atoms with Crippen molar-refractivity contribution in [3.8, 4) is 0 Å². The molecule has 1 N–H and O–H groups in total. The molecule has 0 aromatic carbocycles. The average Bonchev–Trinajstić information content (AvgIpc) is 1.50. The third-order valence-corrected chi connectivity index (χ3v) is 0.877. The van der Waals surface area contributed by atoms with Gasteiger partial charge in [-0.15, -0.1) is 0 Å². The van der Waals surface area contributed by atoms with Crippen LogP contribution in [-0.4, -0.2) is 18.5 Å². The van der Waals surface area contributed by atoms with Gasteiger partial charge in [0, 0.05) is 0 Å². The molecule has 4 nitrogen and oxygen atoms in total. The standard InChI is InChI=1S/CHF3O3S.Cl3OP/c2-1(3,4)8(5,6)7;1-5(2,3)4/h(H,5,6,7);. The first-order chi connectivity index (χ1) is 5.25. The van der Waals surface area contributed by atoms with Gasteiger partial charge in [0.25, 0.3) is 0 Å². The minimum atomic E-state index is -5.84. The SMILES string of the molecule is O=P(Cl)(Cl)Cl.O=S(=O)(O)C(F)(F)F. The summed E-state index contributed by atoms with van der Waals surface area (Å²) in [4.78, 5) is 0. The molecule has 0 atom stereocenters. The van der Waals surface area contributed by atoms with E-state index >= 15 is 0 Å². The molecule has 0 aliphatic carbocycles. The van der Waals surface area contributed by atoms with Crippen molar-refractivity contribution in [2.45, 2.75) is 5.51 Å². The van der Waals surface area contributed by atoms with Crippen molar-refractivity contribution in [3.05, 3.63) is 0 Å². The largest absolute Gasteiger partial charge is 0.522 e. The molecule has 13 heavy (non-hydrogen) atoms. The van der Waals surface area contributed by atoms with E-state index in [4.69, 9.17) is 13.0 Å². The summed E-state index contributed by atoms with van der Waals surface area (Å²) in [5, 5.41) is -3.22. The Kier molecular flexibility index (Phi) is 6.30. The summed E-state index contributed by atoms with van der Waals surface area (Å²) >= 11 is 13.8. The van der Waals surface area contributed by atoms with E-state index in [-0.39, 0.29) is 0 Å². The second-order valence-electron chi connectivity index (χ2n) is 1.32.